The van der Waals surface area contributed by atoms with E-state index in [0.717, 1.165) is 30.6 Å². The zero-order chi connectivity index (χ0) is 19.6. The van der Waals surface area contributed by atoms with Gasteiger partial charge in [-0.15, -0.1) is 0 Å². The van der Waals surface area contributed by atoms with Crippen LogP contribution in [0, 0.1) is 0 Å². The second-order valence-electron chi connectivity index (χ2n) is 7.26. The van der Waals surface area contributed by atoms with Crippen LogP contribution in [0.1, 0.15) is 37.4 Å². The SMILES string of the molecule is Cn1c(C2CCCN(S(C)(=O)=O)C2)nn(CC(=O)NCC2CCCO2)c1=O. The van der Waals surface area contributed by atoms with E-state index in [1.165, 1.54) is 15.1 Å². The zero-order valence-electron chi connectivity index (χ0n) is 15.8. The van der Waals surface area contributed by atoms with E-state index < -0.39 is 10.0 Å². The summed E-state index contributed by atoms with van der Waals surface area (Å²) in [5.41, 5.74) is -0.381. The molecule has 2 saturated heterocycles. The van der Waals surface area contributed by atoms with Crippen molar-refractivity contribution in [3.8, 4) is 0 Å². The molecule has 0 spiro atoms. The molecular formula is C16H27N5O5S. The van der Waals surface area contributed by atoms with Crippen LogP contribution in [-0.4, -0.2) is 71.6 Å². The Kier molecular flexibility index (Phi) is 6.02. The maximum atomic E-state index is 12.4. The molecule has 27 heavy (non-hydrogen) atoms. The monoisotopic (exact) mass is 401 g/mol. The van der Waals surface area contributed by atoms with Gasteiger partial charge in [0.15, 0.2) is 0 Å². The van der Waals surface area contributed by atoms with Gasteiger partial charge < -0.3 is 10.1 Å². The number of nitrogens with one attached hydrogen (secondary N) is 1. The fraction of sp³-hybridized carbons (Fsp3) is 0.812. The number of hydrogen-bond acceptors (Lipinski definition) is 6. The number of sulfonamides is 1. The quantitative estimate of drug-likeness (QED) is 0.655. The predicted octanol–water partition coefficient (Wildman–Crippen LogP) is -0.984. The lowest BCUT2D eigenvalue weighted by atomic mass is 9.99. The topological polar surface area (TPSA) is 116 Å². The lowest BCUT2D eigenvalue weighted by Crippen LogP contribution is -2.39. The lowest BCUT2D eigenvalue weighted by Gasteiger charge is -2.30. The molecule has 0 bridgehead atoms. The number of carbonyl (C=O) groups is 1. The van der Waals surface area contributed by atoms with Crippen LogP contribution < -0.4 is 11.0 Å². The van der Waals surface area contributed by atoms with Crippen molar-refractivity contribution in [1.29, 1.82) is 0 Å². The van der Waals surface area contributed by atoms with Crippen molar-refractivity contribution in [3.63, 3.8) is 0 Å². The summed E-state index contributed by atoms with van der Waals surface area (Å²) in [7, 11) is -1.68. The summed E-state index contributed by atoms with van der Waals surface area (Å²) >= 11 is 0. The first-order chi connectivity index (χ1) is 12.8. The number of piperidine rings is 1. The molecular weight excluding hydrogens is 374 g/mol. The Morgan fingerprint density at radius 3 is 2.78 bits per heavy atom. The van der Waals surface area contributed by atoms with E-state index in [4.69, 9.17) is 4.74 Å². The maximum Gasteiger partial charge on any atom is 0.346 e. The van der Waals surface area contributed by atoms with Gasteiger partial charge in [0.25, 0.3) is 0 Å². The van der Waals surface area contributed by atoms with Gasteiger partial charge >= 0.3 is 5.69 Å². The summed E-state index contributed by atoms with van der Waals surface area (Å²) in [6.45, 7) is 1.76. The van der Waals surface area contributed by atoms with Crippen LogP contribution >= 0.6 is 0 Å². The van der Waals surface area contributed by atoms with Gasteiger partial charge in [-0.25, -0.2) is 22.2 Å². The zero-order valence-corrected chi connectivity index (χ0v) is 16.6. The van der Waals surface area contributed by atoms with Crippen LogP contribution in [0.4, 0.5) is 0 Å². The van der Waals surface area contributed by atoms with Crippen LogP contribution in [-0.2, 0) is 33.1 Å². The second-order valence-corrected chi connectivity index (χ2v) is 9.24. The molecule has 3 rings (SSSR count). The van der Waals surface area contributed by atoms with Crippen LogP contribution in [0.5, 0.6) is 0 Å². The third-order valence-corrected chi connectivity index (χ3v) is 6.41. The summed E-state index contributed by atoms with van der Waals surface area (Å²) in [5, 5.41) is 7.10. The Bertz CT molecular complexity index is 840. The Labute approximate surface area is 158 Å². The first-order valence-corrected chi connectivity index (χ1v) is 11.1. The predicted molar refractivity (Wildman–Crippen MR) is 97.8 cm³/mol. The lowest BCUT2D eigenvalue weighted by molar-refractivity contribution is -0.122. The van der Waals surface area contributed by atoms with E-state index in [1.54, 1.807) is 7.05 Å². The third kappa shape index (κ3) is 4.77. The molecule has 1 aromatic rings. The molecule has 3 heterocycles. The molecule has 1 N–H and O–H groups in total. The van der Waals surface area contributed by atoms with Crippen LogP contribution in [0.3, 0.4) is 0 Å². The molecule has 2 aliphatic heterocycles. The summed E-state index contributed by atoms with van der Waals surface area (Å²) in [6.07, 6.45) is 4.60. The fourth-order valence-electron chi connectivity index (χ4n) is 3.64. The number of nitrogens with zero attached hydrogens (tertiary/aromatic N) is 4. The number of carbonyl (C=O) groups excluding carboxylic acids is 1. The Balaban J connectivity index is 1.66. The molecule has 0 radical (unpaired) electrons. The highest BCUT2D eigenvalue weighted by Gasteiger charge is 2.30. The highest BCUT2D eigenvalue weighted by atomic mass is 32.2. The molecule has 10 nitrogen and oxygen atoms in total. The summed E-state index contributed by atoms with van der Waals surface area (Å²) in [5.74, 6) is 0.0568. The summed E-state index contributed by atoms with van der Waals surface area (Å²) < 4.78 is 33.1. The average Bonchev–Trinajstić information content (AvgIpc) is 3.23. The Hall–Kier alpha value is -1.72. The van der Waals surface area contributed by atoms with Crippen molar-refractivity contribution in [3.05, 3.63) is 16.3 Å². The van der Waals surface area contributed by atoms with Gasteiger partial charge in [0, 0.05) is 39.2 Å². The van der Waals surface area contributed by atoms with Gasteiger partial charge in [0.2, 0.25) is 15.9 Å². The average molecular weight is 401 g/mol. The standard InChI is InChI=1S/C16H27N5O5S/c1-19-15(12-5-3-7-20(10-12)27(2,24)25)18-21(16(19)23)11-14(22)17-9-13-6-4-8-26-13/h12-13H,3-11H2,1-2H3,(H,17,22). The number of rotatable bonds is 6. The van der Waals surface area contributed by atoms with Crippen molar-refractivity contribution in [2.75, 3.05) is 32.5 Å². The number of amides is 1. The van der Waals surface area contributed by atoms with Crippen molar-refractivity contribution in [2.24, 2.45) is 7.05 Å². The molecule has 0 aliphatic carbocycles. The van der Waals surface area contributed by atoms with E-state index in [2.05, 4.69) is 10.4 Å². The summed E-state index contributed by atoms with van der Waals surface area (Å²) in [4.78, 5) is 24.6. The fourth-order valence-corrected chi connectivity index (χ4v) is 4.55. The third-order valence-electron chi connectivity index (χ3n) is 5.14. The second kappa shape index (κ2) is 8.11. The largest absolute Gasteiger partial charge is 0.376 e. The highest BCUT2D eigenvalue weighted by Crippen LogP contribution is 2.26. The minimum Gasteiger partial charge on any atom is -0.376 e. The Morgan fingerprint density at radius 2 is 2.11 bits per heavy atom. The van der Waals surface area contributed by atoms with Crippen molar-refractivity contribution < 1.29 is 17.9 Å². The van der Waals surface area contributed by atoms with Crippen molar-refractivity contribution in [1.82, 2.24) is 24.0 Å². The van der Waals surface area contributed by atoms with E-state index >= 15 is 0 Å². The molecule has 2 aliphatic rings. The maximum absolute atomic E-state index is 12.4. The number of ether oxygens (including phenoxy) is 1. The van der Waals surface area contributed by atoms with E-state index in [0.29, 0.717) is 31.9 Å². The Morgan fingerprint density at radius 1 is 1.33 bits per heavy atom. The van der Waals surface area contributed by atoms with E-state index in [1.807, 2.05) is 0 Å². The minimum atomic E-state index is -3.28. The normalized spacial score (nSPS) is 24.2. The molecule has 2 atom stereocenters. The minimum absolute atomic E-state index is 0.0363. The molecule has 11 heteroatoms. The van der Waals surface area contributed by atoms with Crippen LogP contribution in [0.25, 0.3) is 0 Å². The molecule has 152 valence electrons. The highest BCUT2D eigenvalue weighted by molar-refractivity contribution is 7.88. The van der Waals surface area contributed by atoms with Gasteiger partial charge in [0.05, 0.1) is 12.4 Å². The first kappa shape index (κ1) is 20.0. The van der Waals surface area contributed by atoms with Crippen LogP contribution in [0.15, 0.2) is 4.79 Å². The van der Waals surface area contributed by atoms with Crippen molar-refractivity contribution in [2.45, 2.75) is 44.2 Å². The van der Waals surface area contributed by atoms with Gasteiger partial charge in [-0.1, -0.05) is 0 Å². The van der Waals surface area contributed by atoms with Gasteiger partial charge in [0.1, 0.15) is 12.4 Å². The smallest absolute Gasteiger partial charge is 0.346 e. The number of aromatic nitrogens is 3. The molecule has 1 aromatic heterocycles. The van der Waals surface area contributed by atoms with E-state index in [9.17, 15) is 18.0 Å². The summed E-state index contributed by atoms with van der Waals surface area (Å²) in [6, 6.07) is 0. The molecule has 2 fully saturated rings. The first-order valence-electron chi connectivity index (χ1n) is 9.23. The van der Waals surface area contributed by atoms with Crippen molar-refractivity contribution >= 4 is 15.9 Å². The molecule has 0 aromatic carbocycles. The van der Waals surface area contributed by atoms with Crippen LogP contribution in [0.2, 0.25) is 0 Å². The van der Waals surface area contributed by atoms with E-state index in [-0.39, 0.29) is 30.2 Å². The molecule has 0 saturated carbocycles. The molecule has 2 unspecified atom stereocenters. The van der Waals surface area contributed by atoms with Gasteiger partial charge in [-0.3, -0.25) is 9.36 Å². The molecule has 1 amide bonds. The van der Waals surface area contributed by atoms with Gasteiger partial charge in [-0.05, 0) is 25.7 Å². The van der Waals surface area contributed by atoms with Gasteiger partial charge in [-0.2, -0.15) is 5.10 Å². The number of hydrogen-bond donors (Lipinski definition) is 1.